The van der Waals surface area contributed by atoms with E-state index in [-0.39, 0.29) is 29.9 Å². The van der Waals surface area contributed by atoms with Crippen LogP contribution in [-0.2, 0) is 17.4 Å². The van der Waals surface area contributed by atoms with Crippen LogP contribution >= 0.6 is 0 Å². The van der Waals surface area contributed by atoms with Crippen LogP contribution < -0.4 is 10.6 Å². The van der Waals surface area contributed by atoms with E-state index in [4.69, 9.17) is 0 Å². The van der Waals surface area contributed by atoms with Crippen molar-refractivity contribution >= 4 is 23.4 Å². The number of nitrogens with zero attached hydrogens (tertiary/aromatic N) is 4. The molecule has 1 aliphatic rings. The molecule has 212 valence electrons. The van der Waals surface area contributed by atoms with E-state index in [0.717, 1.165) is 47.9 Å². The van der Waals surface area contributed by atoms with Gasteiger partial charge in [0.15, 0.2) is 0 Å². The van der Waals surface area contributed by atoms with Crippen LogP contribution in [0.15, 0.2) is 73.1 Å². The molecule has 0 saturated carbocycles. The average molecular weight is 563 g/mol. The zero-order valence-electron chi connectivity index (χ0n) is 22.3. The Morgan fingerprint density at radius 1 is 1.00 bits per heavy atom. The summed E-state index contributed by atoms with van der Waals surface area (Å²) in [5.41, 5.74) is 2.25. The zero-order chi connectivity index (χ0) is 29.0. The Hall–Kier alpha value is -4.67. The third-order valence-electron chi connectivity index (χ3n) is 6.84. The first-order chi connectivity index (χ1) is 19.6. The lowest BCUT2D eigenvalue weighted by Gasteiger charge is -2.32. The number of likely N-dealkylation sites (tertiary alicyclic amines) is 1. The van der Waals surface area contributed by atoms with Gasteiger partial charge in [-0.2, -0.15) is 13.2 Å². The van der Waals surface area contributed by atoms with E-state index in [2.05, 4.69) is 25.6 Å². The van der Waals surface area contributed by atoms with Crippen LogP contribution in [0.3, 0.4) is 0 Å². The number of carbonyl (C=O) groups excluding carboxylic acids is 1. The predicted molar refractivity (Wildman–Crippen MR) is 150 cm³/mol. The molecule has 3 aromatic heterocycles. The van der Waals surface area contributed by atoms with E-state index >= 15 is 0 Å². The Balaban J connectivity index is 1.18. The fraction of sp³-hybridized carbons (Fsp3) is 0.267. The van der Waals surface area contributed by atoms with Gasteiger partial charge in [0.05, 0.1) is 17.7 Å². The number of carbonyl (C=O) groups is 1. The summed E-state index contributed by atoms with van der Waals surface area (Å²) in [6.45, 7) is 3.15. The minimum absolute atomic E-state index is 0.0416. The number of piperidine rings is 1. The molecule has 1 saturated heterocycles. The smallest absolute Gasteiger partial charge is 0.416 e. The highest BCUT2D eigenvalue weighted by atomic mass is 19.4. The number of pyridine rings is 3. The SMILES string of the molecule is Cc1cc(Nc2cc(C(F)(F)F)ccn2)nc(-c2ccc(NC3CCN(C(=O)Cc4cccc(O)c4)CC3)nc2)c1. The monoisotopic (exact) mass is 562 g/mol. The van der Waals surface area contributed by atoms with Gasteiger partial charge in [0.2, 0.25) is 5.91 Å². The Labute approximate surface area is 235 Å². The number of hydrogen-bond donors (Lipinski definition) is 3. The first-order valence-corrected chi connectivity index (χ1v) is 13.2. The summed E-state index contributed by atoms with van der Waals surface area (Å²) < 4.78 is 39.2. The standard InChI is InChI=1S/C30H29F3N6O2/c1-19-13-25(37-28(14-19)38-27-17-22(7-10-34-27)30(31,32)33)21-5-6-26(35-18-21)36-23-8-11-39(12-9-23)29(41)16-20-3-2-4-24(40)15-20/h2-7,10,13-15,17-18,23,40H,8-9,11-12,16H2,1H3,(H,35,36)(H,34,37,38). The number of anilines is 3. The van der Waals surface area contributed by atoms with Crippen LogP contribution in [0.25, 0.3) is 11.3 Å². The van der Waals surface area contributed by atoms with Crippen molar-refractivity contribution in [1.29, 1.82) is 0 Å². The van der Waals surface area contributed by atoms with Gasteiger partial charge in [-0.15, -0.1) is 0 Å². The van der Waals surface area contributed by atoms with Gasteiger partial charge in [-0.05, 0) is 79.4 Å². The van der Waals surface area contributed by atoms with Crippen molar-refractivity contribution in [1.82, 2.24) is 19.9 Å². The van der Waals surface area contributed by atoms with Crippen LogP contribution in [0.5, 0.6) is 5.75 Å². The molecule has 4 heterocycles. The number of hydrogen-bond acceptors (Lipinski definition) is 7. The lowest BCUT2D eigenvalue weighted by atomic mass is 10.0. The third-order valence-corrected chi connectivity index (χ3v) is 6.84. The molecule has 1 fully saturated rings. The van der Waals surface area contributed by atoms with E-state index in [9.17, 15) is 23.1 Å². The van der Waals surface area contributed by atoms with Crippen LogP contribution in [0.2, 0.25) is 0 Å². The van der Waals surface area contributed by atoms with Crippen molar-refractivity contribution < 1.29 is 23.1 Å². The highest BCUT2D eigenvalue weighted by molar-refractivity contribution is 5.79. The van der Waals surface area contributed by atoms with E-state index in [1.807, 2.05) is 36.1 Å². The molecule has 0 aliphatic carbocycles. The summed E-state index contributed by atoms with van der Waals surface area (Å²) >= 11 is 0. The summed E-state index contributed by atoms with van der Waals surface area (Å²) in [6, 6.07) is 16.1. The van der Waals surface area contributed by atoms with Gasteiger partial charge in [-0.1, -0.05) is 12.1 Å². The first kappa shape index (κ1) is 27.9. The molecule has 1 aromatic carbocycles. The summed E-state index contributed by atoms with van der Waals surface area (Å²) in [6.07, 6.45) is 0.173. The third kappa shape index (κ3) is 7.30. The van der Waals surface area contributed by atoms with E-state index < -0.39 is 11.7 Å². The van der Waals surface area contributed by atoms with Crippen molar-refractivity contribution in [2.24, 2.45) is 0 Å². The molecule has 0 bridgehead atoms. The second-order valence-corrected chi connectivity index (χ2v) is 10.0. The Morgan fingerprint density at radius 3 is 2.51 bits per heavy atom. The molecule has 0 unspecified atom stereocenters. The molecular formula is C30H29F3N6O2. The second kappa shape index (κ2) is 11.8. The molecule has 41 heavy (non-hydrogen) atoms. The minimum atomic E-state index is -4.46. The molecule has 0 atom stereocenters. The van der Waals surface area contributed by atoms with E-state index in [1.54, 1.807) is 30.5 Å². The number of benzene rings is 1. The fourth-order valence-corrected chi connectivity index (χ4v) is 4.75. The van der Waals surface area contributed by atoms with Crippen LogP contribution in [0.1, 0.15) is 29.5 Å². The van der Waals surface area contributed by atoms with Crippen LogP contribution in [0.4, 0.5) is 30.6 Å². The fourth-order valence-electron chi connectivity index (χ4n) is 4.75. The van der Waals surface area contributed by atoms with Crippen molar-refractivity contribution in [3.63, 3.8) is 0 Å². The van der Waals surface area contributed by atoms with Gasteiger partial charge < -0.3 is 20.6 Å². The second-order valence-electron chi connectivity index (χ2n) is 10.0. The largest absolute Gasteiger partial charge is 0.508 e. The number of aromatic hydroxyl groups is 1. The highest BCUT2D eigenvalue weighted by Gasteiger charge is 2.30. The van der Waals surface area contributed by atoms with Crippen molar-refractivity contribution in [3.8, 4) is 17.0 Å². The first-order valence-electron chi connectivity index (χ1n) is 13.2. The van der Waals surface area contributed by atoms with Crippen molar-refractivity contribution in [2.45, 2.75) is 38.4 Å². The molecule has 8 nitrogen and oxygen atoms in total. The van der Waals surface area contributed by atoms with Crippen LogP contribution in [0, 0.1) is 6.92 Å². The van der Waals surface area contributed by atoms with Crippen LogP contribution in [-0.4, -0.2) is 50.0 Å². The number of aromatic nitrogens is 3. The number of phenolic OH excluding ortho intramolecular Hbond substituents is 1. The maximum atomic E-state index is 13.1. The quantitative estimate of drug-likeness (QED) is 0.255. The number of halogens is 3. The normalized spacial score (nSPS) is 14.1. The predicted octanol–water partition coefficient (Wildman–Crippen LogP) is 5.96. The zero-order valence-corrected chi connectivity index (χ0v) is 22.3. The molecule has 11 heteroatoms. The summed E-state index contributed by atoms with van der Waals surface area (Å²) in [7, 11) is 0. The van der Waals surface area contributed by atoms with Gasteiger partial charge in [-0.25, -0.2) is 15.0 Å². The summed E-state index contributed by atoms with van der Waals surface area (Å²) in [5, 5.41) is 15.9. The number of amides is 1. The Morgan fingerprint density at radius 2 is 1.80 bits per heavy atom. The number of nitrogens with one attached hydrogen (secondary N) is 2. The number of rotatable bonds is 7. The molecule has 0 spiro atoms. The number of alkyl halides is 3. The van der Waals surface area contributed by atoms with Crippen molar-refractivity contribution in [2.75, 3.05) is 23.7 Å². The number of phenols is 1. The molecule has 3 N–H and O–H groups in total. The van der Waals surface area contributed by atoms with Gasteiger partial charge in [0.1, 0.15) is 23.2 Å². The summed E-state index contributed by atoms with van der Waals surface area (Å²) in [5.74, 6) is 1.32. The maximum Gasteiger partial charge on any atom is 0.416 e. The molecule has 0 radical (unpaired) electrons. The molecular weight excluding hydrogens is 533 g/mol. The highest BCUT2D eigenvalue weighted by Crippen LogP contribution is 2.31. The summed E-state index contributed by atoms with van der Waals surface area (Å²) in [4.78, 5) is 27.6. The Kier molecular flexibility index (Phi) is 8.04. The topological polar surface area (TPSA) is 103 Å². The van der Waals surface area contributed by atoms with Gasteiger partial charge in [-0.3, -0.25) is 4.79 Å². The molecule has 1 amide bonds. The maximum absolute atomic E-state index is 13.1. The van der Waals surface area contributed by atoms with Gasteiger partial charge in [0.25, 0.3) is 0 Å². The molecule has 1 aliphatic heterocycles. The molecule has 5 rings (SSSR count). The van der Waals surface area contributed by atoms with Crippen molar-refractivity contribution in [3.05, 3.63) is 89.7 Å². The van der Waals surface area contributed by atoms with E-state index in [1.165, 1.54) is 0 Å². The molecule has 4 aromatic rings. The van der Waals surface area contributed by atoms with E-state index in [0.29, 0.717) is 30.4 Å². The lowest BCUT2D eigenvalue weighted by Crippen LogP contribution is -2.43. The lowest BCUT2D eigenvalue weighted by molar-refractivity contribution is -0.137. The van der Waals surface area contributed by atoms with Gasteiger partial charge in [0, 0.05) is 37.1 Å². The van der Waals surface area contributed by atoms with Gasteiger partial charge >= 0.3 is 6.18 Å². The number of aryl methyl sites for hydroxylation is 1. The Bertz CT molecular complexity index is 1520. The minimum Gasteiger partial charge on any atom is -0.508 e. The average Bonchev–Trinajstić information content (AvgIpc) is 2.93.